The fraction of sp³-hybridized carbons (Fsp3) is 0.250. The molecular weight excluding hydrogens is 417 g/mol. The van der Waals surface area contributed by atoms with Crippen LogP contribution < -0.4 is 14.8 Å². The number of rotatable bonds is 8. The lowest BCUT2D eigenvalue weighted by Crippen LogP contribution is -2.23. The van der Waals surface area contributed by atoms with Gasteiger partial charge in [0.05, 0.1) is 14.2 Å². The molecule has 0 spiro atoms. The van der Waals surface area contributed by atoms with Crippen LogP contribution in [0.2, 0.25) is 10.0 Å². The van der Waals surface area contributed by atoms with Crippen molar-refractivity contribution in [2.45, 2.75) is 19.4 Å². The van der Waals surface area contributed by atoms with Crippen molar-refractivity contribution in [3.63, 3.8) is 0 Å². The van der Waals surface area contributed by atoms with E-state index in [1.165, 1.54) is 0 Å². The maximum absolute atomic E-state index is 12.1. The Morgan fingerprint density at radius 2 is 1.90 bits per heavy atom. The normalized spacial score (nSPS) is 10.6. The van der Waals surface area contributed by atoms with Gasteiger partial charge in [-0.2, -0.15) is 4.98 Å². The fourth-order valence-electron chi connectivity index (χ4n) is 2.62. The molecule has 0 fully saturated rings. The Balaban J connectivity index is 1.55. The number of ether oxygens (including phenoxy) is 2. The molecule has 0 aliphatic heterocycles. The van der Waals surface area contributed by atoms with E-state index in [1.54, 1.807) is 50.6 Å². The fourth-order valence-corrected chi connectivity index (χ4v) is 3.09. The van der Waals surface area contributed by atoms with Crippen LogP contribution in [-0.4, -0.2) is 30.3 Å². The van der Waals surface area contributed by atoms with E-state index in [2.05, 4.69) is 15.5 Å². The van der Waals surface area contributed by atoms with Crippen molar-refractivity contribution in [1.29, 1.82) is 0 Å². The molecule has 1 heterocycles. The van der Waals surface area contributed by atoms with Crippen molar-refractivity contribution in [3.05, 3.63) is 57.9 Å². The van der Waals surface area contributed by atoms with E-state index in [1.807, 2.05) is 0 Å². The Bertz CT molecular complexity index is 1010. The second-order valence-electron chi connectivity index (χ2n) is 6.09. The summed E-state index contributed by atoms with van der Waals surface area (Å²) in [6.07, 6.45) is 0.527. The van der Waals surface area contributed by atoms with E-state index >= 15 is 0 Å². The maximum Gasteiger partial charge on any atom is 0.227 e. The number of methoxy groups -OCH3 is 2. The van der Waals surface area contributed by atoms with Gasteiger partial charge in [-0.05, 0) is 35.9 Å². The molecule has 7 nitrogen and oxygen atoms in total. The van der Waals surface area contributed by atoms with Gasteiger partial charge in [-0.1, -0.05) is 34.4 Å². The number of aromatic nitrogens is 2. The van der Waals surface area contributed by atoms with Crippen molar-refractivity contribution < 1.29 is 18.8 Å². The summed E-state index contributed by atoms with van der Waals surface area (Å²) in [6.45, 7) is 0.315. The summed E-state index contributed by atoms with van der Waals surface area (Å²) in [6, 6.07) is 10.5. The molecule has 0 bridgehead atoms. The first kappa shape index (κ1) is 21.0. The molecule has 1 N–H and O–H groups in total. The molecule has 3 aromatic rings. The average Bonchev–Trinajstić information content (AvgIpc) is 3.20. The standard InChI is InChI=1S/C20H19Cl2N3O4/c1-27-16-6-4-12(9-17(16)28-2)20-24-19(29-25-20)8-7-18(26)23-11-13-3-5-14(21)10-15(13)22/h3-6,9-10H,7-8,11H2,1-2H3,(H,23,26). The van der Waals surface area contributed by atoms with Crippen LogP contribution in [0.15, 0.2) is 40.9 Å². The predicted molar refractivity (Wildman–Crippen MR) is 109 cm³/mol. The first-order valence-electron chi connectivity index (χ1n) is 8.75. The van der Waals surface area contributed by atoms with Gasteiger partial charge in [0, 0.05) is 35.0 Å². The number of halogens is 2. The van der Waals surface area contributed by atoms with Gasteiger partial charge in [-0.3, -0.25) is 4.79 Å². The molecule has 1 amide bonds. The molecule has 1 aromatic heterocycles. The molecule has 0 saturated carbocycles. The molecule has 0 aliphatic rings. The second-order valence-corrected chi connectivity index (χ2v) is 6.94. The number of carbonyl (C=O) groups excluding carboxylic acids is 1. The van der Waals surface area contributed by atoms with E-state index in [0.717, 1.165) is 11.1 Å². The first-order chi connectivity index (χ1) is 14.0. The van der Waals surface area contributed by atoms with E-state index < -0.39 is 0 Å². The summed E-state index contributed by atoms with van der Waals surface area (Å²) in [5.74, 6) is 1.81. The highest BCUT2D eigenvalue weighted by Gasteiger charge is 2.13. The molecule has 0 atom stereocenters. The predicted octanol–water partition coefficient (Wildman–Crippen LogP) is 4.31. The molecule has 0 unspecified atom stereocenters. The quantitative estimate of drug-likeness (QED) is 0.567. The van der Waals surface area contributed by atoms with Crippen LogP contribution in [0.1, 0.15) is 17.9 Å². The Morgan fingerprint density at radius 3 is 2.62 bits per heavy atom. The third-order valence-corrected chi connectivity index (χ3v) is 4.75. The molecule has 0 radical (unpaired) electrons. The number of nitrogens with one attached hydrogen (secondary N) is 1. The molecule has 29 heavy (non-hydrogen) atoms. The number of nitrogens with zero attached hydrogens (tertiary/aromatic N) is 2. The third kappa shape index (κ3) is 5.40. The van der Waals surface area contributed by atoms with Gasteiger partial charge in [0.2, 0.25) is 17.6 Å². The minimum absolute atomic E-state index is 0.151. The zero-order valence-electron chi connectivity index (χ0n) is 15.9. The van der Waals surface area contributed by atoms with E-state index in [9.17, 15) is 4.79 Å². The van der Waals surface area contributed by atoms with Crippen LogP contribution in [0, 0.1) is 0 Å². The minimum atomic E-state index is -0.151. The highest BCUT2D eigenvalue weighted by atomic mass is 35.5. The largest absolute Gasteiger partial charge is 0.493 e. The van der Waals surface area contributed by atoms with E-state index in [-0.39, 0.29) is 12.3 Å². The maximum atomic E-state index is 12.1. The summed E-state index contributed by atoms with van der Waals surface area (Å²) in [7, 11) is 3.12. The van der Waals surface area contributed by atoms with Crippen molar-refractivity contribution in [2.75, 3.05) is 14.2 Å². The third-order valence-electron chi connectivity index (χ3n) is 4.17. The summed E-state index contributed by atoms with van der Waals surface area (Å²) in [5.41, 5.74) is 1.51. The van der Waals surface area contributed by atoms with Crippen LogP contribution in [0.5, 0.6) is 11.5 Å². The van der Waals surface area contributed by atoms with Gasteiger partial charge in [-0.15, -0.1) is 0 Å². The van der Waals surface area contributed by atoms with Crippen LogP contribution in [0.3, 0.4) is 0 Å². The Kier molecular flexibility index (Phi) is 6.95. The van der Waals surface area contributed by atoms with Crippen molar-refractivity contribution in [3.8, 4) is 22.9 Å². The topological polar surface area (TPSA) is 86.5 Å². The van der Waals surface area contributed by atoms with Crippen LogP contribution in [-0.2, 0) is 17.8 Å². The number of amides is 1. The number of aryl methyl sites for hydroxylation is 1. The van der Waals surface area contributed by atoms with Gasteiger partial charge < -0.3 is 19.3 Å². The van der Waals surface area contributed by atoms with Crippen LogP contribution in [0.25, 0.3) is 11.4 Å². The molecule has 0 aliphatic carbocycles. The number of carbonyl (C=O) groups is 1. The summed E-state index contributed by atoms with van der Waals surface area (Å²) < 4.78 is 15.7. The lowest BCUT2D eigenvalue weighted by atomic mass is 10.2. The lowest BCUT2D eigenvalue weighted by Gasteiger charge is -2.07. The Labute approximate surface area is 177 Å². The Hall–Kier alpha value is -2.77. The number of benzene rings is 2. The summed E-state index contributed by atoms with van der Waals surface area (Å²) >= 11 is 12.0. The highest BCUT2D eigenvalue weighted by molar-refractivity contribution is 6.35. The van der Waals surface area contributed by atoms with Gasteiger partial charge in [-0.25, -0.2) is 0 Å². The lowest BCUT2D eigenvalue weighted by molar-refractivity contribution is -0.121. The van der Waals surface area contributed by atoms with Crippen molar-refractivity contribution in [1.82, 2.24) is 15.5 Å². The zero-order chi connectivity index (χ0) is 20.8. The monoisotopic (exact) mass is 435 g/mol. The van der Waals surface area contributed by atoms with E-state index in [4.69, 9.17) is 37.2 Å². The van der Waals surface area contributed by atoms with Gasteiger partial charge in [0.15, 0.2) is 11.5 Å². The summed E-state index contributed by atoms with van der Waals surface area (Å²) in [4.78, 5) is 16.4. The average molecular weight is 436 g/mol. The van der Waals surface area contributed by atoms with Crippen molar-refractivity contribution in [2.24, 2.45) is 0 Å². The van der Waals surface area contributed by atoms with Crippen LogP contribution >= 0.6 is 23.2 Å². The molecule has 0 saturated heterocycles. The minimum Gasteiger partial charge on any atom is -0.493 e. The molecule has 152 valence electrons. The zero-order valence-corrected chi connectivity index (χ0v) is 17.4. The number of hydrogen-bond donors (Lipinski definition) is 1. The SMILES string of the molecule is COc1ccc(-c2noc(CCC(=O)NCc3ccc(Cl)cc3Cl)n2)cc1OC. The number of hydrogen-bond acceptors (Lipinski definition) is 6. The van der Waals surface area contributed by atoms with Gasteiger partial charge >= 0.3 is 0 Å². The van der Waals surface area contributed by atoms with Gasteiger partial charge in [0.1, 0.15) is 0 Å². The molecule has 3 rings (SSSR count). The first-order valence-corrected chi connectivity index (χ1v) is 9.51. The Morgan fingerprint density at radius 1 is 1.10 bits per heavy atom. The van der Waals surface area contributed by atoms with E-state index in [0.29, 0.717) is 46.2 Å². The molecule has 9 heteroatoms. The van der Waals surface area contributed by atoms with Crippen LogP contribution in [0.4, 0.5) is 0 Å². The molecular formula is C20H19Cl2N3O4. The highest BCUT2D eigenvalue weighted by Crippen LogP contribution is 2.31. The molecule has 2 aromatic carbocycles. The van der Waals surface area contributed by atoms with Gasteiger partial charge in [0.25, 0.3) is 0 Å². The van der Waals surface area contributed by atoms with Crippen molar-refractivity contribution >= 4 is 29.1 Å². The second kappa shape index (κ2) is 9.62. The smallest absolute Gasteiger partial charge is 0.227 e. The summed E-state index contributed by atoms with van der Waals surface area (Å²) in [5, 5.41) is 7.83.